The molecule has 5 heteroatoms. The molecule has 1 unspecified atom stereocenters. The first-order valence-electron chi connectivity index (χ1n) is 6.64. The van der Waals surface area contributed by atoms with Gasteiger partial charge in [0.25, 0.3) is 0 Å². The van der Waals surface area contributed by atoms with Crippen LogP contribution >= 0.6 is 34.5 Å². The Bertz CT molecular complexity index is 717. The second-order valence-electron chi connectivity index (χ2n) is 4.76. The molecule has 3 aromatic rings. The summed E-state index contributed by atoms with van der Waals surface area (Å²) in [5.41, 5.74) is 1.97. The Kier molecular flexibility index (Phi) is 4.45. The smallest absolute Gasteiger partial charge is 0.0957 e. The van der Waals surface area contributed by atoms with Gasteiger partial charge >= 0.3 is 0 Å². The monoisotopic (exact) mass is 336 g/mol. The normalized spacial score (nSPS) is 12.7. The van der Waals surface area contributed by atoms with Crippen molar-refractivity contribution in [3.8, 4) is 0 Å². The van der Waals surface area contributed by atoms with Gasteiger partial charge in [0, 0.05) is 28.1 Å². The molecule has 1 heterocycles. The second-order valence-corrected chi connectivity index (χ2v) is 6.69. The van der Waals surface area contributed by atoms with Crippen molar-refractivity contribution in [3.63, 3.8) is 0 Å². The maximum Gasteiger partial charge on any atom is 0.0957 e. The van der Waals surface area contributed by atoms with Gasteiger partial charge in [-0.15, -0.1) is 11.3 Å². The molecule has 1 atom stereocenters. The van der Waals surface area contributed by atoms with Crippen LogP contribution in [0.4, 0.5) is 0 Å². The van der Waals surface area contributed by atoms with Gasteiger partial charge in [0.05, 0.1) is 15.2 Å². The van der Waals surface area contributed by atoms with Crippen molar-refractivity contribution in [2.45, 2.75) is 12.5 Å². The first-order chi connectivity index (χ1) is 10.2. The molecule has 0 aliphatic rings. The molecule has 0 spiro atoms. The average molecular weight is 337 g/mol. The van der Waals surface area contributed by atoms with E-state index in [9.17, 15) is 0 Å². The van der Waals surface area contributed by atoms with E-state index in [1.165, 1.54) is 4.70 Å². The number of likely N-dealkylation sites (N-methyl/N-ethyl adjacent to an activating group) is 1. The van der Waals surface area contributed by atoms with Crippen LogP contribution < -0.4 is 5.32 Å². The van der Waals surface area contributed by atoms with Crippen molar-refractivity contribution in [3.05, 3.63) is 63.1 Å². The Labute approximate surface area is 137 Å². The number of hydrogen-bond acceptors (Lipinski definition) is 3. The number of hydrogen-bond donors (Lipinski definition) is 1. The van der Waals surface area contributed by atoms with Gasteiger partial charge in [0.2, 0.25) is 0 Å². The second kappa shape index (κ2) is 6.32. The van der Waals surface area contributed by atoms with Crippen LogP contribution in [0, 0.1) is 0 Å². The van der Waals surface area contributed by atoms with Crippen molar-refractivity contribution in [1.82, 2.24) is 10.3 Å². The van der Waals surface area contributed by atoms with Gasteiger partial charge in [-0.2, -0.15) is 0 Å². The molecule has 2 aromatic carbocycles. The molecule has 0 aliphatic carbocycles. The molecule has 21 heavy (non-hydrogen) atoms. The number of halogens is 2. The summed E-state index contributed by atoms with van der Waals surface area (Å²) in [6.07, 6.45) is 0.763. The van der Waals surface area contributed by atoms with Crippen LogP contribution in [-0.2, 0) is 6.42 Å². The van der Waals surface area contributed by atoms with E-state index in [4.69, 9.17) is 23.2 Å². The summed E-state index contributed by atoms with van der Waals surface area (Å²) in [5, 5.41) is 5.73. The molecule has 0 fully saturated rings. The fraction of sp³-hybridized carbons (Fsp3) is 0.188. The minimum atomic E-state index is 0.0479. The summed E-state index contributed by atoms with van der Waals surface area (Å²) in [6.45, 7) is 0. The Balaban J connectivity index is 1.94. The lowest BCUT2D eigenvalue weighted by Crippen LogP contribution is -2.19. The average Bonchev–Trinajstić information content (AvgIpc) is 2.88. The predicted molar refractivity (Wildman–Crippen MR) is 91.6 cm³/mol. The summed E-state index contributed by atoms with van der Waals surface area (Å²) >= 11 is 14.3. The van der Waals surface area contributed by atoms with E-state index in [0.29, 0.717) is 10.0 Å². The molecule has 0 aliphatic heterocycles. The van der Waals surface area contributed by atoms with Crippen molar-refractivity contribution < 1.29 is 0 Å². The molecule has 3 rings (SSSR count). The van der Waals surface area contributed by atoms with Gasteiger partial charge in [-0.3, -0.25) is 0 Å². The van der Waals surface area contributed by atoms with E-state index in [-0.39, 0.29) is 6.04 Å². The topological polar surface area (TPSA) is 24.9 Å². The lowest BCUT2D eigenvalue weighted by Gasteiger charge is -2.18. The van der Waals surface area contributed by atoms with Crippen LogP contribution in [0.1, 0.15) is 16.6 Å². The van der Waals surface area contributed by atoms with Crippen molar-refractivity contribution >= 4 is 44.8 Å². The Morgan fingerprint density at radius 2 is 1.81 bits per heavy atom. The number of benzene rings is 2. The largest absolute Gasteiger partial charge is 0.313 e. The molecule has 0 saturated carbocycles. The van der Waals surface area contributed by atoms with Gasteiger partial charge in [-0.05, 0) is 31.3 Å². The number of nitrogens with one attached hydrogen (secondary N) is 1. The van der Waals surface area contributed by atoms with Gasteiger partial charge in [0.15, 0.2) is 0 Å². The lowest BCUT2D eigenvalue weighted by molar-refractivity contribution is 0.591. The number of nitrogens with zero attached hydrogens (tertiary/aromatic N) is 1. The highest BCUT2D eigenvalue weighted by Crippen LogP contribution is 2.33. The van der Waals surface area contributed by atoms with Crippen LogP contribution in [0.25, 0.3) is 10.2 Å². The van der Waals surface area contributed by atoms with Gasteiger partial charge in [0.1, 0.15) is 0 Å². The zero-order valence-electron chi connectivity index (χ0n) is 11.4. The summed E-state index contributed by atoms with van der Waals surface area (Å²) in [5.74, 6) is 0. The number of rotatable bonds is 4. The SMILES string of the molecule is CNC(Cc1nc2ccccc2s1)c1c(Cl)cccc1Cl. The summed E-state index contributed by atoms with van der Waals surface area (Å²) < 4.78 is 1.20. The van der Waals surface area contributed by atoms with Crippen LogP contribution in [0.15, 0.2) is 42.5 Å². The minimum absolute atomic E-state index is 0.0479. The summed E-state index contributed by atoms with van der Waals surface area (Å²) in [4.78, 5) is 4.68. The van der Waals surface area contributed by atoms with E-state index in [0.717, 1.165) is 22.5 Å². The lowest BCUT2D eigenvalue weighted by atomic mass is 10.0. The number of thiazole rings is 1. The highest BCUT2D eigenvalue weighted by molar-refractivity contribution is 7.18. The van der Waals surface area contributed by atoms with Crippen molar-refractivity contribution in [1.29, 1.82) is 0 Å². The third-order valence-corrected chi connectivity index (χ3v) is 5.13. The van der Waals surface area contributed by atoms with E-state index in [2.05, 4.69) is 16.4 Å². The third kappa shape index (κ3) is 3.06. The molecule has 0 bridgehead atoms. The van der Waals surface area contributed by atoms with E-state index in [1.54, 1.807) is 11.3 Å². The van der Waals surface area contributed by atoms with Crippen LogP contribution in [-0.4, -0.2) is 12.0 Å². The highest BCUT2D eigenvalue weighted by atomic mass is 35.5. The van der Waals surface area contributed by atoms with E-state index in [1.807, 2.05) is 43.4 Å². The number of fused-ring (bicyclic) bond motifs is 1. The molecule has 1 N–H and O–H groups in total. The summed E-state index contributed by atoms with van der Waals surface area (Å²) in [6, 6.07) is 13.8. The Morgan fingerprint density at radius 1 is 1.10 bits per heavy atom. The van der Waals surface area contributed by atoms with Crippen molar-refractivity contribution in [2.75, 3.05) is 7.05 Å². The van der Waals surface area contributed by atoms with Gasteiger partial charge in [-0.25, -0.2) is 4.98 Å². The van der Waals surface area contributed by atoms with Crippen LogP contribution in [0.3, 0.4) is 0 Å². The van der Waals surface area contributed by atoms with E-state index < -0.39 is 0 Å². The number of aromatic nitrogens is 1. The van der Waals surface area contributed by atoms with Gasteiger partial charge in [-0.1, -0.05) is 41.4 Å². The molecule has 1 aromatic heterocycles. The van der Waals surface area contributed by atoms with Crippen molar-refractivity contribution in [2.24, 2.45) is 0 Å². The highest BCUT2D eigenvalue weighted by Gasteiger charge is 2.18. The molecular weight excluding hydrogens is 323 g/mol. The fourth-order valence-corrected chi connectivity index (χ4v) is 4.05. The quantitative estimate of drug-likeness (QED) is 0.716. The van der Waals surface area contributed by atoms with Crippen LogP contribution in [0.5, 0.6) is 0 Å². The standard InChI is InChI=1S/C16H14Cl2N2S/c1-19-13(16-10(17)5-4-6-11(16)18)9-15-20-12-7-2-3-8-14(12)21-15/h2-8,13,19H,9H2,1H3. The predicted octanol–water partition coefficient (Wildman–Crippen LogP) is 5.11. The molecule has 0 saturated heterocycles. The number of para-hydroxylation sites is 1. The van der Waals surface area contributed by atoms with Gasteiger partial charge < -0.3 is 5.32 Å². The molecule has 0 amide bonds. The zero-order chi connectivity index (χ0) is 14.8. The third-order valence-electron chi connectivity index (χ3n) is 3.41. The first-order valence-corrected chi connectivity index (χ1v) is 8.22. The zero-order valence-corrected chi connectivity index (χ0v) is 13.8. The fourth-order valence-electron chi connectivity index (χ4n) is 2.37. The molecule has 2 nitrogen and oxygen atoms in total. The molecular formula is C16H14Cl2N2S. The Morgan fingerprint density at radius 3 is 2.48 bits per heavy atom. The van der Waals surface area contributed by atoms with Crippen LogP contribution in [0.2, 0.25) is 10.0 Å². The maximum atomic E-state index is 6.31. The first kappa shape index (κ1) is 14.8. The Hall–Kier alpha value is -1.13. The van der Waals surface area contributed by atoms with E-state index >= 15 is 0 Å². The minimum Gasteiger partial charge on any atom is -0.313 e. The summed E-state index contributed by atoms with van der Waals surface area (Å²) in [7, 11) is 1.91. The maximum absolute atomic E-state index is 6.31. The molecule has 0 radical (unpaired) electrons. The molecule has 108 valence electrons.